The van der Waals surface area contributed by atoms with E-state index >= 15 is 0 Å². The molecule has 1 N–H and O–H groups in total. The second kappa shape index (κ2) is 5.30. The van der Waals surface area contributed by atoms with Crippen LogP contribution >= 0.6 is 11.6 Å². The van der Waals surface area contributed by atoms with Gasteiger partial charge in [-0.25, -0.2) is 8.42 Å². The molecule has 1 heterocycles. The van der Waals surface area contributed by atoms with Crippen molar-refractivity contribution in [3.63, 3.8) is 0 Å². The van der Waals surface area contributed by atoms with Crippen LogP contribution in [0.1, 0.15) is 5.56 Å². The van der Waals surface area contributed by atoms with Gasteiger partial charge in [-0.2, -0.15) is 0 Å². The third-order valence-electron chi connectivity index (χ3n) is 2.77. The quantitative estimate of drug-likeness (QED) is 0.917. The Hall–Kier alpha value is -1.04. The Morgan fingerprint density at radius 2 is 2.28 bits per heavy atom. The molecule has 0 radical (unpaired) electrons. The van der Waals surface area contributed by atoms with E-state index in [0.29, 0.717) is 17.3 Å². The van der Waals surface area contributed by atoms with E-state index < -0.39 is 9.84 Å². The van der Waals surface area contributed by atoms with Crippen LogP contribution in [0.3, 0.4) is 0 Å². The molecule has 0 amide bonds. The molecule has 4 nitrogen and oxygen atoms in total. The van der Waals surface area contributed by atoms with Crippen LogP contribution in [-0.2, 0) is 16.4 Å². The van der Waals surface area contributed by atoms with Crippen LogP contribution in [0.5, 0.6) is 5.75 Å². The molecule has 1 unspecified atom stereocenters. The maximum absolute atomic E-state index is 11.3. The van der Waals surface area contributed by atoms with Crippen molar-refractivity contribution in [2.45, 2.75) is 12.6 Å². The van der Waals surface area contributed by atoms with Gasteiger partial charge in [0.15, 0.2) is 9.84 Å². The van der Waals surface area contributed by atoms with Crippen LogP contribution in [0, 0.1) is 0 Å². The zero-order valence-corrected chi connectivity index (χ0v) is 11.5. The highest BCUT2D eigenvalue weighted by Crippen LogP contribution is 2.26. The summed E-state index contributed by atoms with van der Waals surface area (Å²) in [5.74, 6) is 0.791. The molecule has 0 saturated heterocycles. The van der Waals surface area contributed by atoms with Gasteiger partial charge in [0.05, 0.1) is 12.9 Å². The average molecular weight is 288 g/mol. The molecule has 0 saturated carbocycles. The summed E-state index contributed by atoms with van der Waals surface area (Å²) >= 11 is 6.09. The molecular formula is C12H14ClNO3S. The Morgan fingerprint density at radius 1 is 1.50 bits per heavy atom. The normalized spacial score (nSPS) is 21.1. The van der Waals surface area contributed by atoms with E-state index in [2.05, 4.69) is 5.32 Å². The van der Waals surface area contributed by atoms with E-state index in [9.17, 15) is 8.42 Å². The number of hydrogen-bond donors (Lipinski definition) is 1. The predicted octanol–water partition coefficient (Wildman–Crippen LogP) is 1.75. The van der Waals surface area contributed by atoms with Crippen molar-refractivity contribution in [3.05, 3.63) is 40.3 Å². The lowest BCUT2D eigenvalue weighted by atomic mass is 10.2. The highest BCUT2D eigenvalue weighted by atomic mass is 35.5. The van der Waals surface area contributed by atoms with Crippen LogP contribution in [-0.4, -0.2) is 27.3 Å². The van der Waals surface area contributed by atoms with Crippen LogP contribution in [0.25, 0.3) is 0 Å². The van der Waals surface area contributed by atoms with Gasteiger partial charge in [0.25, 0.3) is 0 Å². The number of halogens is 1. The van der Waals surface area contributed by atoms with E-state index in [-0.39, 0.29) is 11.8 Å². The second-order valence-corrected chi connectivity index (χ2v) is 6.40. The molecule has 0 spiro atoms. The summed E-state index contributed by atoms with van der Waals surface area (Å²) in [5, 5.41) is 4.99. The first-order valence-corrected chi connectivity index (χ1v) is 7.57. The molecule has 6 heteroatoms. The fourth-order valence-electron chi connectivity index (χ4n) is 1.84. The number of methoxy groups -OCH3 is 1. The SMILES string of the molecule is COc1cccc(Cl)c1CNC1C=CS(=O)(=O)C1. The third kappa shape index (κ3) is 3.04. The van der Waals surface area contributed by atoms with E-state index in [1.165, 1.54) is 5.41 Å². The lowest BCUT2D eigenvalue weighted by molar-refractivity contribution is 0.407. The van der Waals surface area contributed by atoms with Crippen LogP contribution < -0.4 is 10.1 Å². The number of benzene rings is 1. The fraction of sp³-hybridized carbons (Fsp3) is 0.333. The van der Waals surface area contributed by atoms with Gasteiger partial charge in [0, 0.05) is 28.6 Å². The largest absolute Gasteiger partial charge is 0.496 e. The molecule has 1 aromatic rings. The van der Waals surface area contributed by atoms with Crippen LogP contribution in [0.4, 0.5) is 0 Å². The molecule has 1 atom stereocenters. The first-order chi connectivity index (χ1) is 8.52. The van der Waals surface area contributed by atoms with Gasteiger partial charge in [-0.3, -0.25) is 0 Å². The molecule has 0 aliphatic carbocycles. The fourth-order valence-corrected chi connectivity index (χ4v) is 3.34. The standard InChI is InChI=1S/C12H14ClNO3S/c1-17-12-4-2-3-11(13)10(12)7-14-9-5-6-18(15,16)8-9/h2-6,9,14H,7-8H2,1H3. The van der Waals surface area contributed by atoms with Gasteiger partial charge in [-0.1, -0.05) is 23.7 Å². The molecule has 0 aromatic heterocycles. The molecule has 18 heavy (non-hydrogen) atoms. The molecule has 0 bridgehead atoms. The topological polar surface area (TPSA) is 55.4 Å². The number of hydrogen-bond acceptors (Lipinski definition) is 4. The Bertz CT molecular complexity index is 569. The number of ether oxygens (including phenoxy) is 1. The van der Waals surface area contributed by atoms with Crippen molar-refractivity contribution < 1.29 is 13.2 Å². The van der Waals surface area contributed by atoms with Crippen molar-refractivity contribution in [1.82, 2.24) is 5.32 Å². The van der Waals surface area contributed by atoms with Gasteiger partial charge < -0.3 is 10.1 Å². The zero-order valence-electron chi connectivity index (χ0n) is 9.89. The monoisotopic (exact) mass is 287 g/mol. The van der Waals surface area contributed by atoms with Crippen molar-refractivity contribution in [2.24, 2.45) is 0 Å². The highest BCUT2D eigenvalue weighted by molar-refractivity contribution is 7.94. The molecule has 1 aromatic carbocycles. The van der Waals surface area contributed by atoms with Crippen LogP contribution in [0.2, 0.25) is 5.02 Å². The zero-order chi connectivity index (χ0) is 13.2. The summed E-state index contributed by atoms with van der Waals surface area (Å²) in [5.41, 5.74) is 0.833. The van der Waals surface area contributed by atoms with Gasteiger partial charge in [-0.15, -0.1) is 0 Å². The van der Waals surface area contributed by atoms with E-state index in [4.69, 9.17) is 16.3 Å². The summed E-state index contributed by atoms with van der Waals surface area (Å²) < 4.78 is 27.8. The smallest absolute Gasteiger partial charge is 0.173 e. The van der Waals surface area contributed by atoms with Crippen molar-refractivity contribution in [1.29, 1.82) is 0 Å². The minimum absolute atomic E-state index is 0.0970. The van der Waals surface area contributed by atoms with Crippen LogP contribution in [0.15, 0.2) is 29.7 Å². The average Bonchev–Trinajstić information content (AvgIpc) is 2.67. The van der Waals surface area contributed by atoms with Crippen molar-refractivity contribution in [2.75, 3.05) is 12.9 Å². The maximum Gasteiger partial charge on any atom is 0.173 e. The lowest BCUT2D eigenvalue weighted by Gasteiger charge is -2.13. The third-order valence-corrected chi connectivity index (χ3v) is 4.52. The second-order valence-electron chi connectivity index (χ2n) is 4.07. The first-order valence-electron chi connectivity index (χ1n) is 5.47. The molecule has 2 rings (SSSR count). The lowest BCUT2D eigenvalue weighted by Crippen LogP contribution is -2.29. The predicted molar refractivity (Wildman–Crippen MR) is 71.6 cm³/mol. The van der Waals surface area contributed by atoms with E-state index in [0.717, 1.165) is 5.56 Å². The van der Waals surface area contributed by atoms with Gasteiger partial charge in [0.1, 0.15) is 5.75 Å². The molecule has 98 valence electrons. The summed E-state index contributed by atoms with van der Waals surface area (Å²) in [7, 11) is -1.45. The Morgan fingerprint density at radius 3 is 2.89 bits per heavy atom. The van der Waals surface area contributed by atoms with E-state index in [1.807, 2.05) is 12.1 Å². The number of rotatable bonds is 4. The number of sulfone groups is 1. The van der Waals surface area contributed by atoms with E-state index in [1.54, 1.807) is 19.3 Å². The minimum atomic E-state index is -3.03. The van der Waals surface area contributed by atoms with Crippen molar-refractivity contribution in [3.8, 4) is 5.75 Å². The minimum Gasteiger partial charge on any atom is -0.496 e. The number of nitrogens with one attached hydrogen (secondary N) is 1. The Balaban J connectivity index is 2.05. The van der Waals surface area contributed by atoms with Gasteiger partial charge in [0.2, 0.25) is 0 Å². The summed E-state index contributed by atoms with van der Waals surface area (Å²) in [6, 6.07) is 5.24. The summed E-state index contributed by atoms with van der Waals surface area (Å²) in [6.07, 6.45) is 1.65. The summed E-state index contributed by atoms with van der Waals surface area (Å²) in [4.78, 5) is 0. The van der Waals surface area contributed by atoms with Gasteiger partial charge >= 0.3 is 0 Å². The first kappa shape index (κ1) is 13.4. The molecule has 0 fully saturated rings. The Kier molecular flexibility index (Phi) is 3.94. The van der Waals surface area contributed by atoms with Crippen molar-refractivity contribution >= 4 is 21.4 Å². The Labute approximate surface area is 112 Å². The molecule has 1 aliphatic rings. The summed E-state index contributed by atoms with van der Waals surface area (Å²) in [6.45, 7) is 0.466. The highest BCUT2D eigenvalue weighted by Gasteiger charge is 2.21. The maximum atomic E-state index is 11.3. The molecule has 1 aliphatic heterocycles. The molecular weight excluding hydrogens is 274 g/mol. The van der Waals surface area contributed by atoms with Gasteiger partial charge in [-0.05, 0) is 12.1 Å².